The van der Waals surface area contributed by atoms with Gasteiger partial charge in [0.15, 0.2) is 0 Å². The van der Waals surface area contributed by atoms with Crippen LogP contribution < -0.4 is 5.32 Å². The highest BCUT2D eigenvalue weighted by Gasteiger charge is 2.60. The Morgan fingerprint density at radius 3 is 2.33 bits per heavy atom. The first-order valence-electron chi connectivity index (χ1n) is 21.2. The van der Waals surface area contributed by atoms with Crippen molar-refractivity contribution in [3.05, 3.63) is 108 Å². The van der Waals surface area contributed by atoms with Crippen molar-refractivity contribution >= 4 is 61.5 Å². The number of H-pyrrole nitrogens is 2. The standard InChI is InChI=1S/C48H50N8O4/c1-6-55-42(28-11-8-7-9-12-28)46(58)56-38(22-23-48(55,56)4)44-50-36-21-17-32-26-30(15-19-34(32)41(36)52-44)29-14-18-33-31(25-29)16-20-35-40(33)51-43(49-35)37-13-10-24-54(37)45(57)39(27(2)3)53-47(59)60-5/h7-9,11-12,14-21,25-27,37-39,42H,6,10,13,22-24H2,1-5H3,(H,49,51)(H,50,52)(H,53,59)/t37-,38-,39-,42+,48?/m0/s1. The molecule has 2 aromatic heterocycles. The zero-order valence-electron chi connectivity index (χ0n) is 34.7. The molecular formula is C48H50N8O4. The lowest BCUT2D eigenvalue weighted by atomic mass is 9.98. The molecule has 3 aliphatic heterocycles. The van der Waals surface area contributed by atoms with E-state index in [1.807, 2.05) is 43.0 Å². The molecule has 7 aromatic rings. The molecule has 5 atom stereocenters. The number of imidazole rings is 2. The van der Waals surface area contributed by atoms with E-state index in [4.69, 9.17) is 14.7 Å². The van der Waals surface area contributed by atoms with Crippen molar-refractivity contribution < 1.29 is 19.1 Å². The summed E-state index contributed by atoms with van der Waals surface area (Å²) in [7, 11) is 1.30. The number of aromatic amines is 2. The maximum absolute atomic E-state index is 14.3. The quantitative estimate of drug-likeness (QED) is 0.140. The summed E-state index contributed by atoms with van der Waals surface area (Å²) in [5, 5.41) is 7.03. The van der Waals surface area contributed by atoms with Crippen LogP contribution in [0.2, 0.25) is 0 Å². The van der Waals surface area contributed by atoms with Crippen molar-refractivity contribution in [2.45, 2.75) is 83.2 Å². The van der Waals surface area contributed by atoms with Gasteiger partial charge in [0.25, 0.3) is 0 Å². The Morgan fingerprint density at radius 2 is 1.60 bits per heavy atom. The number of amides is 3. The number of aromatic nitrogens is 4. The molecule has 3 fully saturated rings. The van der Waals surface area contributed by atoms with Gasteiger partial charge in [-0.1, -0.05) is 87.5 Å². The zero-order valence-corrected chi connectivity index (χ0v) is 34.7. The van der Waals surface area contributed by atoms with E-state index in [2.05, 4.69) is 106 Å². The van der Waals surface area contributed by atoms with Gasteiger partial charge in [0.05, 0.1) is 46.9 Å². The molecule has 12 heteroatoms. The molecule has 5 heterocycles. The molecule has 306 valence electrons. The molecule has 1 unspecified atom stereocenters. The first kappa shape index (κ1) is 38.0. The van der Waals surface area contributed by atoms with E-state index in [-0.39, 0.29) is 41.5 Å². The number of ether oxygens (including phenoxy) is 1. The minimum Gasteiger partial charge on any atom is -0.453 e. The Labute approximate surface area is 348 Å². The van der Waals surface area contributed by atoms with Crippen LogP contribution in [0, 0.1) is 5.92 Å². The first-order chi connectivity index (χ1) is 29.1. The van der Waals surface area contributed by atoms with Crippen molar-refractivity contribution in [3.63, 3.8) is 0 Å². The second-order valence-corrected chi connectivity index (χ2v) is 17.2. The lowest BCUT2D eigenvalue weighted by molar-refractivity contribution is -0.135. The number of benzene rings is 5. The summed E-state index contributed by atoms with van der Waals surface area (Å²) in [6.45, 7) is 9.58. The fraction of sp³-hybridized carbons (Fsp3) is 0.354. The molecule has 12 nitrogen and oxygen atoms in total. The predicted molar refractivity (Wildman–Crippen MR) is 233 cm³/mol. The van der Waals surface area contributed by atoms with Gasteiger partial charge in [0, 0.05) is 17.3 Å². The maximum atomic E-state index is 14.3. The number of alkyl carbamates (subject to hydrolysis) is 1. The maximum Gasteiger partial charge on any atom is 0.407 e. The van der Waals surface area contributed by atoms with Gasteiger partial charge in [-0.15, -0.1) is 0 Å². The fourth-order valence-electron chi connectivity index (χ4n) is 10.5. The molecule has 3 aliphatic rings. The Balaban J connectivity index is 0.926. The molecule has 0 spiro atoms. The molecular weight excluding hydrogens is 753 g/mol. The van der Waals surface area contributed by atoms with Crippen LogP contribution in [-0.4, -0.2) is 84.4 Å². The SMILES string of the molecule is CCN1[C@H](c2ccccc2)C(=O)N2[C@H](c3nc4c(ccc5cc(-c6ccc7c(ccc8nc([C@@H]9CCCN9C(=O)[C@@H](NC(=O)OC)C(C)C)[nH]c87)c6)ccc54)[nH]3)CCC12C. The van der Waals surface area contributed by atoms with E-state index in [9.17, 15) is 14.4 Å². The summed E-state index contributed by atoms with van der Waals surface area (Å²) in [5.41, 5.74) is 6.53. The zero-order chi connectivity index (χ0) is 41.4. The summed E-state index contributed by atoms with van der Waals surface area (Å²) >= 11 is 0. The fourth-order valence-corrected chi connectivity index (χ4v) is 10.5. The van der Waals surface area contributed by atoms with Gasteiger partial charge < -0.3 is 29.8 Å². The number of hydrogen-bond acceptors (Lipinski definition) is 7. The molecule has 10 rings (SSSR count). The number of carbonyl (C=O) groups excluding carboxylic acids is 3. The van der Waals surface area contributed by atoms with Crippen LogP contribution in [0.15, 0.2) is 91.0 Å². The molecule has 0 saturated carbocycles. The van der Waals surface area contributed by atoms with E-state index in [1.54, 1.807) is 0 Å². The van der Waals surface area contributed by atoms with Crippen LogP contribution in [0.4, 0.5) is 4.79 Å². The summed E-state index contributed by atoms with van der Waals surface area (Å²) in [6.07, 6.45) is 2.76. The van der Waals surface area contributed by atoms with Gasteiger partial charge in [-0.05, 0) is 96.8 Å². The van der Waals surface area contributed by atoms with E-state index in [0.717, 1.165) is 104 Å². The number of likely N-dealkylation sites (tertiary alicyclic amines) is 1. The average Bonchev–Trinajstić information content (AvgIpc) is 4.10. The summed E-state index contributed by atoms with van der Waals surface area (Å²) in [6, 6.07) is 30.3. The third kappa shape index (κ3) is 5.94. The minimum atomic E-state index is -0.689. The number of rotatable bonds is 8. The number of likely N-dealkylation sites (N-methyl/N-ethyl adjacent to an activating group) is 1. The number of methoxy groups -OCH3 is 1. The largest absolute Gasteiger partial charge is 0.453 e. The van der Waals surface area contributed by atoms with Gasteiger partial charge >= 0.3 is 6.09 Å². The smallest absolute Gasteiger partial charge is 0.407 e. The van der Waals surface area contributed by atoms with Crippen molar-refractivity contribution in [3.8, 4) is 11.1 Å². The van der Waals surface area contributed by atoms with Crippen molar-refractivity contribution in [2.24, 2.45) is 5.92 Å². The van der Waals surface area contributed by atoms with E-state index in [1.165, 1.54) is 7.11 Å². The predicted octanol–water partition coefficient (Wildman–Crippen LogP) is 8.91. The molecule has 0 bridgehead atoms. The van der Waals surface area contributed by atoms with E-state index < -0.39 is 12.1 Å². The molecule has 60 heavy (non-hydrogen) atoms. The number of fused-ring (bicyclic) bond motifs is 7. The van der Waals surface area contributed by atoms with Crippen LogP contribution in [0.1, 0.15) is 88.7 Å². The second-order valence-electron chi connectivity index (χ2n) is 17.2. The normalized spacial score (nSPS) is 22.5. The van der Waals surface area contributed by atoms with Crippen LogP contribution in [0.3, 0.4) is 0 Å². The topological polar surface area (TPSA) is 140 Å². The van der Waals surface area contributed by atoms with Gasteiger partial charge in [-0.2, -0.15) is 0 Å². The van der Waals surface area contributed by atoms with Crippen LogP contribution in [0.25, 0.3) is 54.7 Å². The Bertz CT molecular complexity index is 2830. The van der Waals surface area contributed by atoms with Gasteiger partial charge in [0.2, 0.25) is 11.8 Å². The highest BCUT2D eigenvalue weighted by molar-refractivity contribution is 6.07. The average molecular weight is 803 g/mol. The Morgan fingerprint density at radius 1 is 0.883 bits per heavy atom. The van der Waals surface area contributed by atoms with Crippen LogP contribution in [0.5, 0.6) is 0 Å². The molecule has 0 aliphatic carbocycles. The molecule has 3 N–H and O–H groups in total. The summed E-state index contributed by atoms with van der Waals surface area (Å²) < 4.78 is 4.80. The van der Waals surface area contributed by atoms with Crippen molar-refractivity contribution in [1.29, 1.82) is 0 Å². The number of nitrogens with one attached hydrogen (secondary N) is 3. The van der Waals surface area contributed by atoms with Crippen LogP contribution in [-0.2, 0) is 14.3 Å². The molecule has 5 aromatic carbocycles. The number of hydrogen-bond donors (Lipinski definition) is 3. The lowest BCUT2D eigenvalue weighted by Gasteiger charge is -2.37. The molecule has 0 radical (unpaired) electrons. The highest BCUT2D eigenvalue weighted by Crippen LogP contribution is 2.53. The number of carbonyl (C=O) groups is 3. The minimum absolute atomic E-state index is 0.105. The Hall–Kier alpha value is -6.27. The van der Waals surface area contributed by atoms with Gasteiger partial charge in [-0.25, -0.2) is 14.8 Å². The van der Waals surface area contributed by atoms with Gasteiger partial charge in [-0.3, -0.25) is 14.5 Å². The third-order valence-corrected chi connectivity index (χ3v) is 13.4. The monoisotopic (exact) mass is 802 g/mol. The Kier molecular flexibility index (Phi) is 9.16. The van der Waals surface area contributed by atoms with Crippen LogP contribution >= 0.6 is 0 Å². The van der Waals surface area contributed by atoms with Gasteiger partial charge in [0.1, 0.15) is 23.7 Å². The van der Waals surface area contributed by atoms with Crippen molar-refractivity contribution in [1.82, 2.24) is 40.0 Å². The summed E-state index contributed by atoms with van der Waals surface area (Å²) in [5.74, 6) is 1.51. The molecule has 3 amide bonds. The van der Waals surface area contributed by atoms with E-state index in [0.29, 0.717) is 6.54 Å². The highest BCUT2D eigenvalue weighted by atomic mass is 16.5. The lowest BCUT2D eigenvalue weighted by Crippen LogP contribution is -2.51. The second kappa shape index (κ2) is 14.5. The number of nitrogens with zero attached hydrogens (tertiary/aromatic N) is 5. The van der Waals surface area contributed by atoms with Crippen molar-refractivity contribution in [2.75, 3.05) is 20.2 Å². The summed E-state index contributed by atoms with van der Waals surface area (Å²) in [4.78, 5) is 63.8. The third-order valence-electron chi connectivity index (χ3n) is 13.4. The molecule has 3 saturated heterocycles. The van der Waals surface area contributed by atoms with E-state index >= 15 is 0 Å². The first-order valence-corrected chi connectivity index (χ1v) is 21.2.